The van der Waals surface area contributed by atoms with Gasteiger partial charge >= 0.3 is 0 Å². The fraction of sp³-hybridized carbons (Fsp3) is 0.400. The monoisotopic (exact) mass is 292 g/mol. The molecule has 0 aliphatic rings. The van der Waals surface area contributed by atoms with Gasteiger partial charge in [0.25, 0.3) is 0 Å². The lowest BCUT2D eigenvalue weighted by Gasteiger charge is -2.15. The molecule has 1 aromatic carbocycles. The predicted molar refractivity (Wildman–Crippen MR) is 74.1 cm³/mol. The first kappa shape index (κ1) is 16.8. The zero-order chi connectivity index (χ0) is 16.0. The van der Waals surface area contributed by atoms with Crippen molar-refractivity contribution in [3.8, 4) is 6.07 Å². The Hall–Kier alpha value is -2.26. The van der Waals surface area contributed by atoms with Crippen molar-refractivity contribution in [3.63, 3.8) is 0 Å². The summed E-state index contributed by atoms with van der Waals surface area (Å²) in [6, 6.07) is 5.19. The first-order valence-electron chi connectivity index (χ1n) is 6.40. The van der Waals surface area contributed by atoms with E-state index in [0.717, 1.165) is 6.07 Å². The Morgan fingerprint density at radius 3 is 2.67 bits per heavy atom. The minimum absolute atomic E-state index is 0.000746. The number of nitrogens with one attached hydrogen (secondary N) is 1. The van der Waals surface area contributed by atoms with Gasteiger partial charge in [0.15, 0.2) is 11.7 Å². The molecule has 0 fully saturated rings. The van der Waals surface area contributed by atoms with Crippen molar-refractivity contribution < 1.29 is 18.7 Å². The number of aryl methyl sites for hydroxylation is 1. The van der Waals surface area contributed by atoms with Crippen LogP contribution in [0, 0.1) is 30.0 Å². The summed E-state index contributed by atoms with van der Waals surface area (Å²) in [5, 5.41) is 11.5. The summed E-state index contributed by atoms with van der Waals surface area (Å²) in [4.78, 5) is 24.1. The Labute approximate surface area is 122 Å². The smallest absolute Gasteiger partial charge is 0.245 e. The first-order chi connectivity index (χ1) is 9.90. The molecule has 0 aromatic heterocycles. The predicted octanol–water partition coefficient (Wildman–Crippen LogP) is 1.61. The van der Waals surface area contributed by atoms with Gasteiger partial charge in [0.05, 0.1) is 12.7 Å². The number of halogens is 1. The van der Waals surface area contributed by atoms with Gasteiger partial charge in [0.1, 0.15) is 5.82 Å². The van der Waals surface area contributed by atoms with Crippen molar-refractivity contribution in [3.05, 3.63) is 35.1 Å². The number of nitriles is 1. The van der Waals surface area contributed by atoms with E-state index in [4.69, 9.17) is 10.00 Å². The van der Waals surface area contributed by atoms with Crippen LogP contribution in [0.5, 0.6) is 0 Å². The van der Waals surface area contributed by atoms with Crippen LogP contribution in [-0.2, 0) is 9.53 Å². The molecule has 0 radical (unpaired) electrons. The topological polar surface area (TPSA) is 79.2 Å². The molecule has 0 aliphatic heterocycles. The minimum Gasteiger partial charge on any atom is -0.383 e. The van der Waals surface area contributed by atoms with E-state index in [0.29, 0.717) is 5.56 Å². The van der Waals surface area contributed by atoms with Gasteiger partial charge in [-0.15, -0.1) is 0 Å². The van der Waals surface area contributed by atoms with Gasteiger partial charge in [-0.05, 0) is 25.5 Å². The number of ketones is 1. The van der Waals surface area contributed by atoms with Crippen LogP contribution in [-0.4, -0.2) is 31.4 Å². The number of carbonyl (C=O) groups is 2. The number of Topliss-reactive ketones (excluding diaryl/α,β-unsaturated/α-hetero) is 1. The lowest BCUT2D eigenvalue weighted by molar-refractivity contribution is -0.123. The molecule has 0 aliphatic carbocycles. The second-order valence-corrected chi connectivity index (χ2v) is 4.76. The van der Waals surface area contributed by atoms with Crippen molar-refractivity contribution >= 4 is 11.7 Å². The lowest BCUT2D eigenvalue weighted by atomic mass is 9.97. The van der Waals surface area contributed by atoms with Crippen molar-refractivity contribution in [1.82, 2.24) is 5.32 Å². The highest BCUT2D eigenvalue weighted by Gasteiger charge is 2.28. The van der Waals surface area contributed by atoms with Crippen LogP contribution in [0.3, 0.4) is 0 Å². The summed E-state index contributed by atoms with van der Waals surface area (Å²) >= 11 is 0. The minimum atomic E-state index is -1.51. The molecule has 0 unspecified atom stereocenters. The van der Waals surface area contributed by atoms with E-state index in [1.54, 1.807) is 19.9 Å². The summed E-state index contributed by atoms with van der Waals surface area (Å²) in [5.74, 6) is -3.50. The largest absolute Gasteiger partial charge is 0.383 e. The summed E-state index contributed by atoms with van der Waals surface area (Å²) in [7, 11) is 1.48. The number of rotatable bonds is 6. The van der Waals surface area contributed by atoms with Crippen LogP contribution in [0.15, 0.2) is 18.2 Å². The highest BCUT2D eigenvalue weighted by molar-refractivity contribution is 6.12. The molecular weight excluding hydrogens is 275 g/mol. The number of methoxy groups -OCH3 is 1. The third kappa shape index (κ3) is 4.36. The number of ether oxygens (including phenoxy) is 1. The van der Waals surface area contributed by atoms with Crippen molar-refractivity contribution in [2.24, 2.45) is 5.92 Å². The molecular formula is C15H17FN2O3. The van der Waals surface area contributed by atoms with Gasteiger partial charge in [0, 0.05) is 18.7 Å². The maximum atomic E-state index is 13.5. The van der Waals surface area contributed by atoms with Crippen LogP contribution in [0.4, 0.5) is 4.39 Å². The summed E-state index contributed by atoms with van der Waals surface area (Å²) < 4.78 is 18.3. The second kappa shape index (κ2) is 7.50. The van der Waals surface area contributed by atoms with E-state index >= 15 is 0 Å². The molecule has 1 N–H and O–H groups in total. The van der Waals surface area contributed by atoms with Crippen LogP contribution in [0.25, 0.3) is 0 Å². The Kier molecular flexibility index (Phi) is 6.00. The number of hydrogen-bond acceptors (Lipinski definition) is 4. The number of amides is 1. The van der Waals surface area contributed by atoms with E-state index in [1.807, 2.05) is 0 Å². The molecule has 5 nitrogen and oxygen atoms in total. The van der Waals surface area contributed by atoms with Crippen LogP contribution in [0.1, 0.15) is 22.8 Å². The molecule has 6 heteroatoms. The van der Waals surface area contributed by atoms with Crippen LogP contribution >= 0.6 is 0 Å². The molecule has 1 amide bonds. The SMILES string of the molecule is COC[C@@H](C)NC(=O)[C@@H](C#N)C(=O)c1ccc(C)c(F)c1. The maximum absolute atomic E-state index is 13.5. The molecule has 112 valence electrons. The van der Waals surface area contributed by atoms with Crippen LogP contribution < -0.4 is 5.32 Å². The highest BCUT2D eigenvalue weighted by atomic mass is 19.1. The fourth-order valence-electron chi connectivity index (χ4n) is 1.77. The van der Waals surface area contributed by atoms with E-state index in [9.17, 15) is 14.0 Å². The summed E-state index contributed by atoms with van der Waals surface area (Å²) in [6.45, 7) is 3.51. The zero-order valence-electron chi connectivity index (χ0n) is 12.1. The summed E-state index contributed by atoms with van der Waals surface area (Å²) in [6.07, 6.45) is 0. The average Bonchev–Trinajstić information content (AvgIpc) is 2.42. The molecule has 0 bridgehead atoms. The van der Waals surface area contributed by atoms with Gasteiger partial charge in [0.2, 0.25) is 5.91 Å². The Morgan fingerprint density at radius 2 is 2.14 bits per heavy atom. The average molecular weight is 292 g/mol. The molecule has 1 rings (SSSR count). The molecule has 1 aromatic rings. The number of nitrogens with zero attached hydrogens (tertiary/aromatic N) is 1. The van der Waals surface area contributed by atoms with Crippen molar-refractivity contribution in [2.45, 2.75) is 19.9 Å². The van der Waals surface area contributed by atoms with Gasteiger partial charge in [-0.1, -0.05) is 12.1 Å². The Bertz CT molecular complexity index is 581. The lowest BCUT2D eigenvalue weighted by Crippen LogP contribution is -2.41. The van der Waals surface area contributed by atoms with Crippen molar-refractivity contribution in [1.29, 1.82) is 5.26 Å². The van der Waals surface area contributed by atoms with Gasteiger partial charge in [-0.2, -0.15) is 5.26 Å². The fourth-order valence-corrected chi connectivity index (χ4v) is 1.77. The van der Waals surface area contributed by atoms with Gasteiger partial charge < -0.3 is 10.1 Å². The molecule has 21 heavy (non-hydrogen) atoms. The molecule has 0 saturated heterocycles. The standard InChI is InChI=1S/C15H17FN2O3/c1-9-4-5-11(6-13(9)16)14(19)12(7-17)15(20)18-10(2)8-21-3/h4-6,10,12H,8H2,1-3H3,(H,18,20)/t10-,12+/m1/s1. The molecule has 0 saturated carbocycles. The third-order valence-corrected chi connectivity index (χ3v) is 2.92. The van der Waals surface area contributed by atoms with E-state index in [2.05, 4.69) is 5.32 Å². The van der Waals surface area contributed by atoms with E-state index in [-0.39, 0.29) is 18.2 Å². The van der Waals surface area contributed by atoms with Crippen LogP contribution in [0.2, 0.25) is 0 Å². The molecule has 0 heterocycles. The normalized spacial score (nSPS) is 13.1. The first-order valence-corrected chi connectivity index (χ1v) is 6.40. The third-order valence-electron chi connectivity index (χ3n) is 2.92. The number of carbonyl (C=O) groups excluding carboxylic acids is 2. The summed E-state index contributed by atoms with van der Waals surface area (Å²) in [5.41, 5.74) is 0.387. The molecule has 0 spiro atoms. The number of hydrogen-bond donors (Lipinski definition) is 1. The van der Waals surface area contributed by atoms with Gasteiger partial charge in [-0.25, -0.2) is 4.39 Å². The van der Waals surface area contributed by atoms with E-state index < -0.39 is 23.4 Å². The Morgan fingerprint density at radius 1 is 1.48 bits per heavy atom. The second-order valence-electron chi connectivity index (χ2n) is 4.76. The molecule has 2 atom stereocenters. The zero-order valence-corrected chi connectivity index (χ0v) is 12.1. The highest BCUT2D eigenvalue weighted by Crippen LogP contribution is 2.14. The van der Waals surface area contributed by atoms with Gasteiger partial charge in [-0.3, -0.25) is 9.59 Å². The van der Waals surface area contributed by atoms with E-state index in [1.165, 1.54) is 19.2 Å². The maximum Gasteiger partial charge on any atom is 0.245 e. The number of benzene rings is 1. The quantitative estimate of drug-likeness (QED) is 0.638. The van der Waals surface area contributed by atoms with Crippen molar-refractivity contribution in [2.75, 3.05) is 13.7 Å². The Balaban J connectivity index is 2.89.